The zero-order valence-corrected chi connectivity index (χ0v) is 19.0. The van der Waals surface area contributed by atoms with Gasteiger partial charge in [-0.05, 0) is 55.7 Å². The van der Waals surface area contributed by atoms with Crippen LogP contribution < -0.4 is 5.32 Å². The first kappa shape index (κ1) is 21.7. The minimum Gasteiger partial charge on any atom is -0.366 e. The average molecular weight is 421 g/mol. The Morgan fingerprint density at radius 1 is 1.20 bits per heavy atom. The monoisotopic (exact) mass is 420 g/mol. The van der Waals surface area contributed by atoms with Gasteiger partial charge in [-0.2, -0.15) is 0 Å². The number of aryl methyl sites for hydroxylation is 2. The number of carbonyl (C=O) groups is 1. The van der Waals surface area contributed by atoms with Crippen LogP contribution in [0.3, 0.4) is 0 Å². The standard InChI is InChI=1S/C24H28N4OS/c1-6-28(5)15-26-21-12-16(2)20(11-17(21)3)13-23-27-22(14-30-23)18-7-9-19(10-8-18)24(29)25-4/h7-12,14-15H,6,13H2,1-5H3,(H,25,29)/b26-15+. The van der Waals surface area contributed by atoms with E-state index in [1.54, 1.807) is 18.4 Å². The van der Waals surface area contributed by atoms with Crippen molar-refractivity contribution in [2.24, 2.45) is 4.99 Å². The van der Waals surface area contributed by atoms with Crippen LogP contribution in [0.25, 0.3) is 11.3 Å². The van der Waals surface area contributed by atoms with Gasteiger partial charge in [-0.1, -0.05) is 18.2 Å². The molecule has 3 rings (SSSR count). The van der Waals surface area contributed by atoms with Gasteiger partial charge >= 0.3 is 0 Å². The third-order valence-corrected chi connectivity index (χ3v) is 5.96. The van der Waals surface area contributed by atoms with Crippen molar-refractivity contribution in [2.75, 3.05) is 20.6 Å². The highest BCUT2D eigenvalue weighted by Crippen LogP contribution is 2.28. The average Bonchev–Trinajstić information content (AvgIpc) is 3.22. The molecule has 6 heteroatoms. The van der Waals surface area contributed by atoms with Crippen LogP contribution in [0.1, 0.15) is 39.0 Å². The highest BCUT2D eigenvalue weighted by atomic mass is 32.1. The lowest BCUT2D eigenvalue weighted by Crippen LogP contribution is -2.17. The highest BCUT2D eigenvalue weighted by molar-refractivity contribution is 7.10. The van der Waals surface area contributed by atoms with Crippen LogP contribution in [0.15, 0.2) is 46.8 Å². The summed E-state index contributed by atoms with van der Waals surface area (Å²) in [5, 5.41) is 5.79. The van der Waals surface area contributed by atoms with Crippen LogP contribution in [0, 0.1) is 13.8 Å². The van der Waals surface area contributed by atoms with E-state index in [-0.39, 0.29) is 5.91 Å². The van der Waals surface area contributed by atoms with Crippen molar-refractivity contribution in [1.29, 1.82) is 0 Å². The summed E-state index contributed by atoms with van der Waals surface area (Å²) in [7, 11) is 3.65. The van der Waals surface area contributed by atoms with Crippen molar-refractivity contribution < 1.29 is 4.79 Å². The number of amides is 1. The number of nitrogens with one attached hydrogen (secondary N) is 1. The lowest BCUT2D eigenvalue weighted by molar-refractivity contribution is 0.0963. The molecule has 0 unspecified atom stereocenters. The molecule has 2 aromatic carbocycles. The summed E-state index contributed by atoms with van der Waals surface area (Å²) in [6, 6.07) is 11.9. The molecule has 0 saturated heterocycles. The smallest absolute Gasteiger partial charge is 0.251 e. The first-order chi connectivity index (χ1) is 14.4. The van der Waals surface area contributed by atoms with Crippen molar-refractivity contribution in [3.63, 3.8) is 0 Å². The summed E-state index contributed by atoms with van der Waals surface area (Å²) in [4.78, 5) is 23.2. The maximum Gasteiger partial charge on any atom is 0.251 e. The maximum atomic E-state index is 11.7. The van der Waals surface area contributed by atoms with Gasteiger partial charge in [0.15, 0.2) is 0 Å². The molecule has 0 atom stereocenters. The van der Waals surface area contributed by atoms with Crippen LogP contribution in [-0.2, 0) is 6.42 Å². The first-order valence-corrected chi connectivity index (χ1v) is 10.9. The van der Waals surface area contributed by atoms with Gasteiger partial charge in [0.2, 0.25) is 0 Å². The van der Waals surface area contributed by atoms with Gasteiger partial charge in [0.25, 0.3) is 5.91 Å². The minimum atomic E-state index is -0.0829. The topological polar surface area (TPSA) is 57.6 Å². The number of rotatable bonds is 7. The van der Waals surface area contributed by atoms with E-state index in [2.05, 4.69) is 53.5 Å². The Morgan fingerprint density at radius 2 is 1.93 bits per heavy atom. The molecule has 3 aromatic rings. The van der Waals surface area contributed by atoms with Crippen LogP contribution in [0.4, 0.5) is 5.69 Å². The quantitative estimate of drug-likeness (QED) is 0.433. The number of hydrogen-bond acceptors (Lipinski definition) is 4. The maximum absolute atomic E-state index is 11.7. The Hall–Kier alpha value is -2.99. The second-order valence-corrected chi connectivity index (χ2v) is 8.29. The minimum absolute atomic E-state index is 0.0829. The summed E-state index contributed by atoms with van der Waals surface area (Å²) in [5.41, 5.74) is 7.27. The Balaban J connectivity index is 1.76. The molecular weight excluding hydrogens is 392 g/mol. The normalized spacial score (nSPS) is 11.1. The van der Waals surface area contributed by atoms with Crippen molar-refractivity contribution in [3.8, 4) is 11.3 Å². The summed E-state index contributed by atoms with van der Waals surface area (Å²) < 4.78 is 0. The fourth-order valence-electron chi connectivity index (χ4n) is 3.06. The highest BCUT2D eigenvalue weighted by Gasteiger charge is 2.10. The number of aliphatic imine (C=N–C) groups is 1. The Kier molecular flexibility index (Phi) is 7.00. The predicted molar refractivity (Wildman–Crippen MR) is 126 cm³/mol. The number of aromatic nitrogens is 1. The fourth-order valence-corrected chi connectivity index (χ4v) is 3.88. The van der Waals surface area contributed by atoms with E-state index in [9.17, 15) is 4.79 Å². The Labute approximate surface area is 182 Å². The summed E-state index contributed by atoms with van der Waals surface area (Å²) >= 11 is 1.66. The molecule has 1 N–H and O–H groups in total. The van der Waals surface area contributed by atoms with Gasteiger partial charge in [0.1, 0.15) is 0 Å². The van der Waals surface area contributed by atoms with E-state index in [0.29, 0.717) is 5.56 Å². The summed E-state index contributed by atoms with van der Waals surface area (Å²) in [5.74, 6) is -0.0829. The molecule has 0 saturated carbocycles. The third-order valence-electron chi connectivity index (χ3n) is 5.11. The molecule has 1 amide bonds. The third kappa shape index (κ3) is 5.13. The van der Waals surface area contributed by atoms with E-state index in [1.165, 1.54) is 11.1 Å². The number of hydrogen-bond donors (Lipinski definition) is 1. The number of benzene rings is 2. The van der Waals surface area contributed by atoms with Gasteiger partial charge in [0.05, 0.1) is 22.7 Å². The molecule has 0 aliphatic heterocycles. The second kappa shape index (κ2) is 9.67. The van der Waals surface area contributed by atoms with Gasteiger partial charge in [0, 0.05) is 43.6 Å². The lowest BCUT2D eigenvalue weighted by atomic mass is 10.0. The van der Waals surface area contributed by atoms with Gasteiger partial charge in [-0.25, -0.2) is 9.98 Å². The molecule has 0 radical (unpaired) electrons. The largest absolute Gasteiger partial charge is 0.366 e. The van der Waals surface area contributed by atoms with E-state index in [0.717, 1.165) is 40.5 Å². The molecule has 0 spiro atoms. The van der Waals surface area contributed by atoms with Gasteiger partial charge < -0.3 is 10.2 Å². The molecule has 30 heavy (non-hydrogen) atoms. The number of thiazole rings is 1. The second-order valence-electron chi connectivity index (χ2n) is 7.34. The molecule has 0 bridgehead atoms. The molecule has 1 heterocycles. The van der Waals surface area contributed by atoms with Crippen LogP contribution in [0.2, 0.25) is 0 Å². The first-order valence-electron chi connectivity index (χ1n) is 10.0. The van der Waals surface area contributed by atoms with E-state index in [1.807, 2.05) is 37.7 Å². The number of carbonyl (C=O) groups excluding carboxylic acids is 1. The van der Waals surface area contributed by atoms with Crippen LogP contribution in [-0.4, -0.2) is 42.8 Å². The molecule has 156 valence electrons. The van der Waals surface area contributed by atoms with E-state index < -0.39 is 0 Å². The van der Waals surface area contributed by atoms with Crippen molar-refractivity contribution in [1.82, 2.24) is 15.2 Å². The molecule has 5 nitrogen and oxygen atoms in total. The molecule has 0 aliphatic rings. The van der Waals surface area contributed by atoms with Crippen LogP contribution >= 0.6 is 11.3 Å². The fraction of sp³-hybridized carbons (Fsp3) is 0.292. The lowest BCUT2D eigenvalue weighted by Gasteiger charge is -2.11. The van der Waals surface area contributed by atoms with E-state index >= 15 is 0 Å². The van der Waals surface area contributed by atoms with Crippen molar-refractivity contribution in [3.05, 3.63) is 69.0 Å². The van der Waals surface area contributed by atoms with Crippen LogP contribution in [0.5, 0.6) is 0 Å². The number of nitrogens with zero attached hydrogens (tertiary/aromatic N) is 3. The SMILES string of the molecule is CCN(C)/C=N/c1cc(C)c(Cc2nc(-c3ccc(C(=O)NC)cc3)cs2)cc1C. The Morgan fingerprint density at radius 3 is 2.60 bits per heavy atom. The zero-order valence-electron chi connectivity index (χ0n) is 18.2. The Bertz CT molecular complexity index is 1050. The summed E-state index contributed by atoms with van der Waals surface area (Å²) in [6.45, 7) is 7.26. The van der Waals surface area contributed by atoms with Crippen molar-refractivity contribution in [2.45, 2.75) is 27.2 Å². The van der Waals surface area contributed by atoms with Gasteiger partial charge in [-0.15, -0.1) is 11.3 Å². The van der Waals surface area contributed by atoms with Gasteiger partial charge in [-0.3, -0.25) is 4.79 Å². The molecule has 0 fully saturated rings. The summed E-state index contributed by atoms with van der Waals surface area (Å²) in [6.07, 6.45) is 2.68. The molecule has 1 aromatic heterocycles. The van der Waals surface area contributed by atoms with Crippen molar-refractivity contribution >= 4 is 29.3 Å². The molecular formula is C24H28N4OS. The van der Waals surface area contributed by atoms with E-state index in [4.69, 9.17) is 4.98 Å². The predicted octanol–water partition coefficient (Wildman–Crippen LogP) is 4.99. The zero-order chi connectivity index (χ0) is 21.7. The molecule has 0 aliphatic carbocycles.